The van der Waals surface area contributed by atoms with Crippen LogP contribution in [0.4, 0.5) is 13.2 Å². The highest BCUT2D eigenvalue weighted by Gasteiger charge is 2.30. The summed E-state index contributed by atoms with van der Waals surface area (Å²) >= 11 is 0. The van der Waals surface area contributed by atoms with Crippen molar-refractivity contribution < 1.29 is 18.0 Å². The molecule has 1 atom stereocenters. The van der Waals surface area contributed by atoms with Gasteiger partial charge in [-0.25, -0.2) is 0 Å². The van der Waals surface area contributed by atoms with Gasteiger partial charge >= 0.3 is 6.18 Å². The molecule has 17 heavy (non-hydrogen) atoms. The van der Waals surface area contributed by atoms with Gasteiger partial charge in [-0.1, -0.05) is 12.1 Å². The van der Waals surface area contributed by atoms with Crippen LogP contribution < -0.4 is 11.1 Å². The van der Waals surface area contributed by atoms with Crippen LogP contribution in [0.1, 0.15) is 18.1 Å². The second-order valence-electron chi connectivity index (χ2n) is 3.70. The molecule has 3 nitrogen and oxygen atoms in total. The van der Waals surface area contributed by atoms with Gasteiger partial charge in [0.05, 0.1) is 11.6 Å². The fourth-order valence-electron chi connectivity index (χ4n) is 1.21. The van der Waals surface area contributed by atoms with E-state index in [0.717, 1.165) is 12.1 Å². The molecule has 0 radical (unpaired) electrons. The van der Waals surface area contributed by atoms with Crippen LogP contribution in [0.5, 0.6) is 0 Å². The van der Waals surface area contributed by atoms with Gasteiger partial charge in [0.1, 0.15) is 0 Å². The second kappa shape index (κ2) is 5.18. The van der Waals surface area contributed by atoms with Gasteiger partial charge in [0.25, 0.3) is 0 Å². The lowest BCUT2D eigenvalue weighted by atomic mass is 10.1. The Morgan fingerprint density at radius 1 is 1.47 bits per heavy atom. The molecule has 3 N–H and O–H groups in total. The Morgan fingerprint density at radius 2 is 2.12 bits per heavy atom. The summed E-state index contributed by atoms with van der Waals surface area (Å²) < 4.78 is 37.2. The summed E-state index contributed by atoms with van der Waals surface area (Å²) in [6, 6.07) is 4.12. The zero-order chi connectivity index (χ0) is 13.1. The number of hydrogen-bond donors (Lipinski definition) is 2. The summed E-state index contributed by atoms with van der Waals surface area (Å²) in [4.78, 5) is 11.1. The van der Waals surface area contributed by atoms with E-state index in [4.69, 9.17) is 5.73 Å². The van der Waals surface area contributed by atoms with Gasteiger partial charge in [-0.05, 0) is 24.6 Å². The number of benzene rings is 1. The molecule has 0 fully saturated rings. The minimum atomic E-state index is -4.37. The zero-order valence-corrected chi connectivity index (χ0v) is 9.21. The molecular formula is C11H13F3N2O. The molecule has 1 amide bonds. The molecular weight excluding hydrogens is 233 g/mol. The normalized spacial score (nSPS) is 13.2. The molecule has 0 aromatic heterocycles. The molecule has 1 unspecified atom stereocenters. The lowest BCUT2D eigenvalue weighted by Crippen LogP contribution is -2.37. The molecule has 0 heterocycles. The van der Waals surface area contributed by atoms with Crippen LogP contribution in [0.15, 0.2) is 24.3 Å². The van der Waals surface area contributed by atoms with Gasteiger partial charge in [0.2, 0.25) is 5.91 Å². The van der Waals surface area contributed by atoms with Crippen molar-refractivity contribution in [2.45, 2.75) is 25.7 Å². The lowest BCUT2D eigenvalue weighted by molar-refractivity contribution is -0.137. The van der Waals surface area contributed by atoms with Crippen LogP contribution in [0.25, 0.3) is 0 Å². The van der Waals surface area contributed by atoms with Crippen molar-refractivity contribution in [3.8, 4) is 0 Å². The topological polar surface area (TPSA) is 55.1 Å². The monoisotopic (exact) mass is 246 g/mol. The molecule has 94 valence electrons. The number of carbonyl (C=O) groups excluding carboxylic acids is 1. The first kappa shape index (κ1) is 13.5. The van der Waals surface area contributed by atoms with E-state index < -0.39 is 23.7 Å². The first-order valence-electron chi connectivity index (χ1n) is 5.00. The molecule has 0 aliphatic rings. The second-order valence-corrected chi connectivity index (χ2v) is 3.70. The summed E-state index contributed by atoms with van der Waals surface area (Å²) in [7, 11) is 0. The number of hydrogen-bond acceptors (Lipinski definition) is 2. The number of carbonyl (C=O) groups is 1. The number of alkyl halides is 3. The molecule has 0 saturated carbocycles. The first-order valence-corrected chi connectivity index (χ1v) is 5.00. The molecule has 0 bridgehead atoms. The lowest BCUT2D eigenvalue weighted by Gasteiger charge is -2.10. The van der Waals surface area contributed by atoms with E-state index in [1.807, 2.05) is 0 Å². The van der Waals surface area contributed by atoms with E-state index >= 15 is 0 Å². The Bertz CT molecular complexity index is 402. The zero-order valence-electron chi connectivity index (χ0n) is 9.21. The largest absolute Gasteiger partial charge is 0.416 e. The summed E-state index contributed by atoms with van der Waals surface area (Å²) in [6.45, 7) is 1.53. The first-order chi connectivity index (χ1) is 7.80. The Kier molecular flexibility index (Phi) is 4.11. The maximum atomic E-state index is 12.4. The molecule has 1 aromatic rings. The van der Waals surface area contributed by atoms with Crippen molar-refractivity contribution in [2.24, 2.45) is 5.73 Å². The van der Waals surface area contributed by atoms with Crippen molar-refractivity contribution in [1.29, 1.82) is 0 Å². The highest BCUT2D eigenvalue weighted by atomic mass is 19.4. The van der Waals surface area contributed by atoms with Crippen LogP contribution in [0, 0.1) is 0 Å². The Hall–Kier alpha value is -1.56. The third kappa shape index (κ3) is 4.07. The average molecular weight is 246 g/mol. The molecule has 0 saturated heterocycles. The van der Waals surface area contributed by atoms with Crippen LogP contribution in [0.2, 0.25) is 0 Å². The van der Waals surface area contributed by atoms with E-state index in [1.165, 1.54) is 19.1 Å². The number of nitrogens with two attached hydrogens (primary N) is 1. The van der Waals surface area contributed by atoms with Gasteiger partial charge in [-0.3, -0.25) is 4.79 Å². The fraction of sp³-hybridized carbons (Fsp3) is 0.364. The predicted molar refractivity (Wildman–Crippen MR) is 56.9 cm³/mol. The minimum Gasteiger partial charge on any atom is -0.351 e. The van der Waals surface area contributed by atoms with Crippen LogP contribution in [-0.2, 0) is 17.5 Å². The van der Waals surface area contributed by atoms with Crippen molar-refractivity contribution >= 4 is 5.91 Å². The van der Waals surface area contributed by atoms with E-state index in [9.17, 15) is 18.0 Å². The van der Waals surface area contributed by atoms with Gasteiger partial charge in [0.15, 0.2) is 0 Å². The maximum Gasteiger partial charge on any atom is 0.416 e. The third-order valence-corrected chi connectivity index (χ3v) is 2.13. The van der Waals surface area contributed by atoms with Crippen molar-refractivity contribution in [3.63, 3.8) is 0 Å². The van der Waals surface area contributed by atoms with E-state index in [-0.39, 0.29) is 6.54 Å². The summed E-state index contributed by atoms with van der Waals surface area (Å²) in [5.41, 5.74) is 4.96. The van der Waals surface area contributed by atoms with Gasteiger partial charge in [0, 0.05) is 6.54 Å². The minimum absolute atomic E-state index is 0.0320. The molecule has 1 aromatic carbocycles. The van der Waals surface area contributed by atoms with E-state index in [1.54, 1.807) is 0 Å². The molecule has 0 aliphatic carbocycles. The smallest absolute Gasteiger partial charge is 0.351 e. The quantitative estimate of drug-likeness (QED) is 0.852. The molecule has 6 heteroatoms. The Balaban J connectivity index is 2.70. The fourth-order valence-corrected chi connectivity index (χ4v) is 1.21. The molecule has 0 aliphatic heterocycles. The summed E-state index contributed by atoms with van der Waals surface area (Å²) in [5.74, 6) is -0.401. The highest BCUT2D eigenvalue weighted by molar-refractivity contribution is 5.80. The molecule has 1 rings (SSSR count). The van der Waals surface area contributed by atoms with E-state index in [2.05, 4.69) is 5.32 Å². The van der Waals surface area contributed by atoms with Gasteiger partial charge in [-0.2, -0.15) is 13.2 Å². The van der Waals surface area contributed by atoms with Gasteiger partial charge in [-0.15, -0.1) is 0 Å². The number of nitrogens with one attached hydrogen (secondary N) is 1. The number of halogens is 3. The standard InChI is InChI=1S/C11H13F3N2O/c1-7(15)10(17)16-6-8-3-2-4-9(5-8)11(12,13)14/h2-5,7H,6,15H2,1H3,(H,16,17). The third-order valence-electron chi connectivity index (χ3n) is 2.13. The predicted octanol–water partition coefficient (Wildman–Crippen LogP) is 1.67. The average Bonchev–Trinajstić information content (AvgIpc) is 2.25. The maximum absolute atomic E-state index is 12.4. The van der Waals surface area contributed by atoms with Crippen molar-refractivity contribution in [2.75, 3.05) is 0 Å². The van der Waals surface area contributed by atoms with Gasteiger partial charge < -0.3 is 11.1 Å². The summed E-state index contributed by atoms with van der Waals surface area (Å²) in [5, 5.41) is 2.45. The van der Waals surface area contributed by atoms with Crippen molar-refractivity contribution in [1.82, 2.24) is 5.32 Å². The highest BCUT2D eigenvalue weighted by Crippen LogP contribution is 2.29. The summed E-state index contributed by atoms with van der Waals surface area (Å²) in [6.07, 6.45) is -4.37. The number of amides is 1. The van der Waals surface area contributed by atoms with Crippen LogP contribution >= 0.6 is 0 Å². The Morgan fingerprint density at radius 3 is 2.65 bits per heavy atom. The van der Waals surface area contributed by atoms with Crippen LogP contribution in [-0.4, -0.2) is 11.9 Å². The SMILES string of the molecule is CC(N)C(=O)NCc1cccc(C(F)(F)F)c1. The Labute approximate surface area is 96.8 Å². The number of rotatable bonds is 3. The van der Waals surface area contributed by atoms with Crippen LogP contribution in [0.3, 0.4) is 0 Å². The van der Waals surface area contributed by atoms with E-state index in [0.29, 0.717) is 5.56 Å². The van der Waals surface area contributed by atoms with Crippen molar-refractivity contribution in [3.05, 3.63) is 35.4 Å². The molecule has 0 spiro atoms.